The van der Waals surface area contributed by atoms with Gasteiger partial charge in [0.1, 0.15) is 59.5 Å². The maximum absolute atomic E-state index is 14.8. The first-order valence-electron chi connectivity index (χ1n) is 25.9. The Kier molecular flexibility index (Phi) is 22.3. The fraction of sp³-hybridized carbons (Fsp3) is 0.481. The summed E-state index contributed by atoms with van der Waals surface area (Å²) in [6.07, 6.45) is 0.649. The monoisotopic (exact) mass is 1090 g/mol. The van der Waals surface area contributed by atoms with Crippen LogP contribution in [0.2, 0.25) is 0 Å². The smallest absolute Gasteiger partial charge is 0.326 e. The molecule has 0 aromatic heterocycles. The van der Waals surface area contributed by atoms with Gasteiger partial charge in [-0.3, -0.25) is 43.2 Å². The molecule has 2 heterocycles. The molecule has 0 bridgehead atoms. The Hall–Kier alpha value is -8.28. The minimum atomic E-state index is -1.78. The van der Waals surface area contributed by atoms with Crippen LogP contribution in [0.4, 0.5) is 0 Å². The maximum Gasteiger partial charge on any atom is 0.326 e. The van der Waals surface area contributed by atoms with Crippen LogP contribution in [-0.4, -0.2) is 158 Å². The number of benzene rings is 3. The number of nitrogens with one attached hydrogen (secondary N) is 8. The Balaban J connectivity index is 1.31. The van der Waals surface area contributed by atoms with Crippen LogP contribution in [0.3, 0.4) is 0 Å². The van der Waals surface area contributed by atoms with Crippen LogP contribution in [0.25, 0.3) is 0 Å². The van der Waals surface area contributed by atoms with Crippen molar-refractivity contribution in [3.63, 3.8) is 0 Å². The van der Waals surface area contributed by atoms with Gasteiger partial charge in [-0.1, -0.05) is 64.1 Å². The Bertz CT molecular complexity index is 2610. The van der Waals surface area contributed by atoms with Gasteiger partial charge in [0.05, 0.1) is 19.0 Å². The highest BCUT2D eigenvalue weighted by atomic mass is 16.4. The minimum absolute atomic E-state index is 0.0377. The van der Waals surface area contributed by atoms with E-state index in [0.29, 0.717) is 36.1 Å². The second kappa shape index (κ2) is 28.7. The molecule has 0 saturated carbocycles. The highest BCUT2D eigenvalue weighted by Gasteiger charge is 2.41. The molecule has 0 aliphatic carbocycles. The highest BCUT2D eigenvalue weighted by Crippen LogP contribution is 2.22. The van der Waals surface area contributed by atoms with E-state index in [9.17, 15) is 73.5 Å². The number of nitrogens with zero attached hydrogens (tertiary/aromatic N) is 1. The lowest BCUT2D eigenvalue weighted by molar-refractivity contribution is -0.143. The summed E-state index contributed by atoms with van der Waals surface area (Å²) in [6.45, 7) is 6.77. The van der Waals surface area contributed by atoms with Gasteiger partial charge in [0, 0.05) is 25.8 Å². The molecular formula is C54H71N9O15. The van der Waals surface area contributed by atoms with Crippen molar-refractivity contribution in [2.24, 2.45) is 11.8 Å². The molecular weight excluding hydrogens is 1010 g/mol. The molecule has 0 radical (unpaired) electrons. The number of aromatic hydroxyl groups is 3. The number of rotatable bonds is 27. The molecule has 3 aromatic rings. The second-order valence-corrected chi connectivity index (χ2v) is 20.3. The van der Waals surface area contributed by atoms with Gasteiger partial charge < -0.3 is 73.0 Å². The third-order valence-electron chi connectivity index (χ3n) is 13.2. The molecule has 5 rings (SSSR count). The zero-order valence-corrected chi connectivity index (χ0v) is 44.0. The van der Waals surface area contributed by atoms with Gasteiger partial charge in [0.15, 0.2) is 0 Å². The first-order valence-corrected chi connectivity index (χ1v) is 25.9. The van der Waals surface area contributed by atoms with Crippen molar-refractivity contribution in [2.45, 2.75) is 134 Å². The van der Waals surface area contributed by atoms with Gasteiger partial charge in [-0.25, -0.2) is 4.79 Å². The number of carboxylic acid groups (broad SMARTS) is 2. The maximum atomic E-state index is 14.8. The lowest BCUT2D eigenvalue weighted by Gasteiger charge is -2.32. The molecule has 0 spiro atoms. The summed E-state index contributed by atoms with van der Waals surface area (Å²) >= 11 is 0. The molecule has 24 heteroatoms. The molecule has 2 fully saturated rings. The van der Waals surface area contributed by atoms with Crippen LogP contribution < -0.4 is 42.5 Å². The first-order chi connectivity index (χ1) is 37.0. The molecule has 2 saturated heterocycles. The third kappa shape index (κ3) is 18.5. The molecule has 3 aromatic carbocycles. The number of phenols is 3. The van der Waals surface area contributed by atoms with Crippen molar-refractivity contribution in [2.75, 3.05) is 19.6 Å². The van der Waals surface area contributed by atoms with Crippen molar-refractivity contribution in [3.8, 4) is 17.2 Å². The van der Waals surface area contributed by atoms with Crippen molar-refractivity contribution in [1.82, 2.24) is 47.4 Å². The van der Waals surface area contributed by atoms with E-state index in [4.69, 9.17) is 0 Å². The van der Waals surface area contributed by atoms with Gasteiger partial charge in [0.2, 0.25) is 47.3 Å². The quantitative estimate of drug-likeness (QED) is 0.0473. The normalized spacial score (nSPS) is 17.3. The molecule has 2 aliphatic rings. The number of likely N-dealkylation sites (tertiary alicyclic amines) is 1. The Labute approximate surface area is 450 Å². The number of hydrogen-bond acceptors (Lipinski definition) is 14. The Morgan fingerprint density at radius 1 is 0.564 bits per heavy atom. The summed E-state index contributed by atoms with van der Waals surface area (Å²) in [4.78, 5) is 136. The van der Waals surface area contributed by atoms with Crippen LogP contribution in [-0.2, 0) is 67.2 Å². The van der Waals surface area contributed by atoms with Crippen molar-refractivity contribution >= 4 is 59.2 Å². The summed E-state index contributed by atoms with van der Waals surface area (Å²) in [5, 5.41) is 69.9. The molecule has 78 heavy (non-hydrogen) atoms. The number of phenolic OH excluding ortho intramolecular Hbond substituents is 3. The predicted octanol–water partition coefficient (Wildman–Crippen LogP) is -0.139. The van der Waals surface area contributed by atoms with Crippen molar-refractivity contribution in [1.29, 1.82) is 0 Å². The number of carboxylic acids is 2. The fourth-order valence-electron chi connectivity index (χ4n) is 9.11. The predicted molar refractivity (Wildman–Crippen MR) is 280 cm³/mol. The van der Waals surface area contributed by atoms with E-state index < -0.39 is 121 Å². The Morgan fingerprint density at radius 3 is 1.58 bits per heavy atom. The lowest BCUT2D eigenvalue weighted by Crippen LogP contribution is -2.61. The topological polar surface area (TPSA) is 371 Å². The summed E-state index contributed by atoms with van der Waals surface area (Å²) in [5.41, 5.74) is 1.50. The van der Waals surface area contributed by atoms with E-state index in [1.807, 2.05) is 13.8 Å². The fourth-order valence-corrected chi connectivity index (χ4v) is 9.11. The summed E-state index contributed by atoms with van der Waals surface area (Å²) in [5.74, 6) is -10.2. The number of carbonyl (C=O) groups is 10. The summed E-state index contributed by atoms with van der Waals surface area (Å²) in [6, 6.07) is 7.31. The molecule has 24 nitrogen and oxygen atoms in total. The van der Waals surface area contributed by atoms with Crippen LogP contribution in [0, 0.1) is 11.8 Å². The van der Waals surface area contributed by atoms with Crippen LogP contribution >= 0.6 is 0 Å². The largest absolute Gasteiger partial charge is 0.508 e. The average Bonchev–Trinajstić information content (AvgIpc) is 4.12. The molecule has 2 aliphatic heterocycles. The first kappa shape index (κ1) is 60.6. The van der Waals surface area contributed by atoms with E-state index in [0.717, 1.165) is 6.42 Å². The van der Waals surface area contributed by atoms with Gasteiger partial charge >= 0.3 is 11.9 Å². The van der Waals surface area contributed by atoms with E-state index in [-0.39, 0.29) is 67.7 Å². The van der Waals surface area contributed by atoms with Crippen LogP contribution in [0.15, 0.2) is 72.8 Å². The SMILES string of the molecule is CC(C)C[C@H](NC(=O)[C@@H]1CCCN1)C(=O)N[C@@H](Cc1ccc(O)cc1)C(=O)N[C@@H](Cc1ccc(O)cc1)C(=O)N1CCC[C@H]1C(=O)N[C@H](C(=O)N[C@@H](CC(=O)O)C(=O)NCC(=O)N[C@@H](Cc1ccc(O)cc1)C(=O)O)C(C)C. The van der Waals surface area contributed by atoms with Crippen LogP contribution in [0.5, 0.6) is 17.2 Å². The van der Waals surface area contributed by atoms with E-state index in [2.05, 4.69) is 42.5 Å². The lowest BCUT2D eigenvalue weighted by atomic mass is 9.99. The zero-order chi connectivity index (χ0) is 57.2. The van der Waals surface area contributed by atoms with E-state index >= 15 is 0 Å². The second-order valence-electron chi connectivity index (χ2n) is 20.3. The standard InChI is InChI=1S/C54H71N9O15/c1-29(2)23-38(58-48(71)37-7-5-21-55-37)49(72)59-39(24-31-9-15-34(64)16-10-31)50(73)61-41(25-32-11-17-35(65)18-12-32)53(76)63-22-6-8-43(63)51(74)62-46(30(3)4)52(75)60-40(27-45(68)69)47(70)56-28-44(67)57-42(54(77)78)26-33-13-19-36(66)20-14-33/h9-20,29-30,37-43,46,55,64-66H,5-8,21-28H2,1-4H3,(H,56,70)(H,57,67)(H,58,71)(H,59,72)(H,60,75)(H,61,73)(H,62,74)(H,68,69)(H,77,78)/t37-,38-,39-,40-,41-,42-,43-,46-/m0/s1. The van der Waals surface area contributed by atoms with E-state index in [1.165, 1.54) is 53.4 Å². The molecule has 0 unspecified atom stereocenters. The summed E-state index contributed by atoms with van der Waals surface area (Å²) < 4.78 is 0. The Morgan fingerprint density at radius 2 is 1.08 bits per heavy atom. The van der Waals surface area contributed by atoms with Gasteiger partial charge in [0.25, 0.3) is 0 Å². The van der Waals surface area contributed by atoms with Crippen molar-refractivity contribution < 1.29 is 73.5 Å². The number of aliphatic carboxylic acids is 2. The van der Waals surface area contributed by atoms with Gasteiger partial charge in [-0.2, -0.15) is 0 Å². The zero-order valence-electron chi connectivity index (χ0n) is 44.0. The number of amides is 8. The highest BCUT2D eigenvalue weighted by molar-refractivity contribution is 5.99. The molecule has 422 valence electrons. The third-order valence-corrected chi connectivity index (χ3v) is 13.2. The molecule has 13 N–H and O–H groups in total. The van der Waals surface area contributed by atoms with Crippen molar-refractivity contribution in [3.05, 3.63) is 89.5 Å². The minimum Gasteiger partial charge on any atom is -0.508 e. The van der Waals surface area contributed by atoms with E-state index in [1.54, 1.807) is 38.1 Å². The number of carbonyl (C=O) groups excluding carboxylic acids is 8. The van der Waals surface area contributed by atoms with Gasteiger partial charge in [-0.05, 0) is 104 Å². The number of hydrogen-bond donors (Lipinski definition) is 13. The molecule has 8 amide bonds. The molecule has 8 atom stereocenters. The van der Waals surface area contributed by atoms with Crippen LogP contribution in [0.1, 0.15) is 82.9 Å². The van der Waals surface area contributed by atoms with Gasteiger partial charge in [-0.15, -0.1) is 0 Å². The summed E-state index contributed by atoms with van der Waals surface area (Å²) in [7, 11) is 0. The average molecular weight is 1090 g/mol.